The molecule has 0 heterocycles. The second-order valence-electron chi connectivity index (χ2n) is 14.4. The fraction of sp³-hybridized carbons (Fsp3) is 0.378. The largest absolute Gasteiger partial charge is 0.507 e. The van der Waals surface area contributed by atoms with Crippen LogP contribution in [0.25, 0.3) is 0 Å². The van der Waals surface area contributed by atoms with Crippen LogP contribution in [0.3, 0.4) is 0 Å². The molecule has 4 aromatic rings. The molecule has 0 aliphatic heterocycles. The van der Waals surface area contributed by atoms with Gasteiger partial charge in [-0.2, -0.15) is 0 Å². The standard InChI is InChI=1S/C45H56N4O8/c1-3-5-7-9-11-13-17-32-19-15-21-38(52)40(32)44(56)48-46-42(54)34-28-30(23-25-36(34)50)27-31-24-26-37(51)35(29-31)43(55)47-49-45(57)41-33(20-16-22-39(41)53)18-14-12-10-8-6-4-2/h15-16,19-26,28-29,50-53H,3-14,17-18,27H2,1-2H3,(H,46,54)(H,47,55)(H,48,56)(H,49,57). The Bertz CT molecular complexity index is 1860. The number of hydrogen-bond acceptors (Lipinski definition) is 8. The number of benzene rings is 4. The predicted molar refractivity (Wildman–Crippen MR) is 219 cm³/mol. The van der Waals surface area contributed by atoms with Crippen LogP contribution in [-0.4, -0.2) is 44.1 Å². The van der Waals surface area contributed by atoms with E-state index in [-0.39, 0.29) is 51.7 Å². The lowest BCUT2D eigenvalue weighted by Crippen LogP contribution is -2.42. The third-order valence-corrected chi connectivity index (χ3v) is 9.91. The molecule has 0 aromatic heterocycles. The first-order valence-corrected chi connectivity index (χ1v) is 20.0. The molecular formula is C45H56N4O8. The molecule has 0 aliphatic carbocycles. The molecule has 4 amide bonds. The van der Waals surface area contributed by atoms with Crippen LogP contribution in [0.1, 0.15) is 155 Å². The van der Waals surface area contributed by atoms with Crippen molar-refractivity contribution in [2.45, 2.75) is 110 Å². The summed E-state index contributed by atoms with van der Waals surface area (Å²) in [6.45, 7) is 4.31. The van der Waals surface area contributed by atoms with Crippen LogP contribution in [0.2, 0.25) is 0 Å². The number of unbranched alkanes of at least 4 members (excludes halogenated alkanes) is 10. The number of rotatable bonds is 20. The average molecular weight is 781 g/mol. The lowest BCUT2D eigenvalue weighted by atomic mass is 9.99. The number of aromatic hydroxyl groups is 4. The number of phenolic OH excluding ortho intramolecular Hbond substituents is 4. The van der Waals surface area contributed by atoms with Gasteiger partial charge in [0.1, 0.15) is 23.0 Å². The highest BCUT2D eigenvalue weighted by atomic mass is 16.3. The van der Waals surface area contributed by atoms with Crippen molar-refractivity contribution in [3.63, 3.8) is 0 Å². The maximum atomic E-state index is 13.1. The van der Waals surface area contributed by atoms with Crippen molar-refractivity contribution in [2.24, 2.45) is 0 Å². The number of amides is 4. The topological polar surface area (TPSA) is 197 Å². The molecule has 4 aromatic carbocycles. The molecule has 12 nitrogen and oxygen atoms in total. The third-order valence-electron chi connectivity index (χ3n) is 9.91. The Balaban J connectivity index is 1.36. The molecule has 0 saturated carbocycles. The van der Waals surface area contributed by atoms with E-state index in [0.29, 0.717) is 35.1 Å². The smallest absolute Gasteiger partial charge is 0.273 e. The van der Waals surface area contributed by atoms with Crippen LogP contribution in [0.5, 0.6) is 23.0 Å². The molecule has 57 heavy (non-hydrogen) atoms. The second-order valence-corrected chi connectivity index (χ2v) is 14.4. The van der Waals surface area contributed by atoms with Gasteiger partial charge in [-0.25, -0.2) is 0 Å². The molecule has 0 aliphatic rings. The molecule has 8 N–H and O–H groups in total. The van der Waals surface area contributed by atoms with Crippen molar-refractivity contribution in [3.8, 4) is 23.0 Å². The van der Waals surface area contributed by atoms with Crippen LogP contribution >= 0.6 is 0 Å². The van der Waals surface area contributed by atoms with Crippen molar-refractivity contribution < 1.29 is 39.6 Å². The average Bonchev–Trinajstić information content (AvgIpc) is 3.20. The number of hydrazine groups is 2. The first-order chi connectivity index (χ1) is 27.5. The normalized spacial score (nSPS) is 10.8. The summed E-state index contributed by atoms with van der Waals surface area (Å²) in [6.07, 6.45) is 14.2. The number of carbonyl (C=O) groups is 4. The van der Waals surface area contributed by atoms with Gasteiger partial charge in [-0.05, 0) is 90.8 Å². The number of hydrogen-bond donors (Lipinski definition) is 8. The summed E-state index contributed by atoms with van der Waals surface area (Å²) in [4.78, 5) is 52.6. The van der Waals surface area contributed by atoms with Gasteiger partial charge >= 0.3 is 0 Å². The first-order valence-electron chi connectivity index (χ1n) is 20.0. The molecular weight excluding hydrogens is 725 g/mol. The summed E-state index contributed by atoms with van der Waals surface area (Å²) < 4.78 is 0. The summed E-state index contributed by atoms with van der Waals surface area (Å²) in [5.74, 6) is -4.06. The monoisotopic (exact) mass is 780 g/mol. The van der Waals surface area contributed by atoms with Crippen molar-refractivity contribution in [1.29, 1.82) is 0 Å². The fourth-order valence-electron chi connectivity index (χ4n) is 6.78. The SMILES string of the molecule is CCCCCCCCc1cccc(O)c1C(=O)NNC(=O)c1cc(Cc2ccc(O)c(C(=O)NNC(=O)c3c(O)cccc3CCCCCCCC)c2)ccc1O. The van der Waals surface area contributed by atoms with E-state index < -0.39 is 23.6 Å². The summed E-state index contributed by atoms with van der Waals surface area (Å²) >= 11 is 0. The van der Waals surface area contributed by atoms with Crippen molar-refractivity contribution in [3.05, 3.63) is 117 Å². The molecule has 0 unspecified atom stereocenters. The third kappa shape index (κ3) is 13.0. The van der Waals surface area contributed by atoms with E-state index in [2.05, 4.69) is 35.6 Å². The first kappa shape index (κ1) is 43.7. The van der Waals surface area contributed by atoms with Crippen LogP contribution in [0, 0.1) is 0 Å². The summed E-state index contributed by atoms with van der Waals surface area (Å²) in [7, 11) is 0. The summed E-state index contributed by atoms with van der Waals surface area (Å²) in [6, 6.07) is 18.4. The van der Waals surface area contributed by atoms with Crippen LogP contribution in [-0.2, 0) is 19.3 Å². The van der Waals surface area contributed by atoms with Crippen molar-refractivity contribution >= 4 is 23.6 Å². The molecule has 0 bridgehead atoms. The Kier molecular flexibility index (Phi) is 17.2. The number of nitrogens with one attached hydrogen (secondary N) is 4. The summed E-state index contributed by atoms with van der Waals surface area (Å²) in [5.41, 5.74) is 11.7. The number of carbonyl (C=O) groups excluding carboxylic acids is 4. The van der Waals surface area contributed by atoms with Gasteiger partial charge in [-0.3, -0.25) is 40.9 Å². The highest BCUT2D eigenvalue weighted by Gasteiger charge is 2.21. The molecule has 4 rings (SSSR count). The Hall–Kier alpha value is -6.04. The molecule has 0 spiro atoms. The molecule has 0 atom stereocenters. The zero-order chi connectivity index (χ0) is 41.2. The maximum Gasteiger partial charge on any atom is 0.273 e. The molecule has 304 valence electrons. The Morgan fingerprint density at radius 1 is 0.439 bits per heavy atom. The van der Waals surface area contributed by atoms with Gasteiger partial charge in [0.25, 0.3) is 23.6 Å². The minimum Gasteiger partial charge on any atom is -0.507 e. The van der Waals surface area contributed by atoms with E-state index in [1.165, 1.54) is 49.2 Å². The number of phenols is 4. The van der Waals surface area contributed by atoms with Crippen LogP contribution in [0.15, 0.2) is 72.8 Å². The molecule has 0 radical (unpaired) electrons. The number of aryl methyl sites for hydroxylation is 2. The van der Waals surface area contributed by atoms with Crippen LogP contribution in [0.4, 0.5) is 0 Å². The Morgan fingerprint density at radius 3 is 1.21 bits per heavy atom. The lowest BCUT2D eigenvalue weighted by molar-refractivity contribution is 0.0842. The van der Waals surface area contributed by atoms with Crippen molar-refractivity contribution in [2.75, 3.05) is 0 Å². The van der Waals surface area contributed by atoms with E-state index in [1.54, 1.807) is 36.4 Å². The van der Waals surface area contributed by atoms with Gasteiger partial charge in [-0.1, -0.05) is 114 Å². The maximum absolute atomic E-state index is 13.1. The van der Waals surface area contributed by atoms with Crippen LogP contribution < -0.4 is 21.7 Å². The molecule has 0 fully saturated rings. The van der Waals surface area contributed by atoms with E-state index in [4.69, 9.17) is 0 Å². The minimum absolute atomic E-state index is 0.0718. The Labute approximate surface area is 334 Å². The zero-order valence-electron chi connectivity index (χ0n) is 33.0. The van der Waals surface area contributed by atoms with Gasteiger partial charge in [0, 0.05) is 0 Å². The zero-order valence-corrected chi connectivity index (χ0v) is 33.0. The second kappa shape index (κ2) is 22.5. The van der Waals surface area contributed by atoms with Gasteiger partial charge < -0.3 is 20.4 Å². The van der Waals surface area contributed by atoms with E-state index in [0.717, 1.165) is 64.2 Å². The van der Waals surface area contributed by atoms with E-state index in [9.17, 15) is 39.6 Å². The van der Waals surface area contributed by atoms with Gasteiger partial charge in [0.05, 0.1) is 22.3 Å². The quantitative estimate of drug-likeness (QED) is 0.0326. The van der Waals surface area contributed by atoms with Gasteiger partial charge in [-0.15, -0.1) is 0 Å². The minimum atomic E-state index is -0.795. The summed E-state index contributed by atoms with van der Waals surface area (Å²) in [5, 5.41) is 42.0. The van der Waals surface area contributed by atoms with E-state index >= 15 is 0 Å². The fourth-order valence-corrected chi connectivity index (χ4v) is 6.78. The lowest BCUT2D eigenvalue weighted by Gasteiger charge is -2.14. The molecule has 12 heteroatoms. The van der Waals surface area contributed by atoms with Gasteiger partial charge in [0.2, 0.25) is 0 Å². The van der Waals surface area contributed by atoms with Crippen molar-refractivity contribution in [1.82, 2.24) is 21.7 Å². The Morgan fingerprint density at radius 2 is 0.807 bits per heavy atom. The molecule has 0 saturated heterocycles. The predicted octanol–water partition coefficient (Wildman–Crippen LogP) is 8.06. The highest BCUT2D eigenvalue weighted by molar-refractivity contribution is 6.03. The van der Waals surface area contributed by atoms with E-state index in [1.807, 2.05) is 0 Å². The van der Waals surface area contributed by atoms with Gasteiger partial charge in [0.15, 0.2) is 0 Å². The highest BCUT2D eigenvalue weighted by Crippen LogP contribution is 2.26.